The molecule has 6 nitrogen and oxygen atoms in total. The summed E-state index contributed by atoms with van der Waals surface area (Å²) in [7, 11) is 0. The first-order valence-electron chi connectivity index (χ1n) is 7.30. The molecule has 1 saturated heterocycles. The number of aldehydes is 1. The summed E-state index contributed by atoms with van der Waals surface area (Å²) >= 11 is 0. The highest BCUT2D eigenvalue weighted by atomic mass is 16.5. The second-order valence-corrected chi connectivity index (χ2v) is 5.54. The molecule has 0 bridgehead atoms. The summed E-state index contributed by atoms with van der Waals surface area (Å²) in [5.74, 6) is 0. The summed E-state index contributed by atoms with van der Waals surface area (Å²) in [4.78, 5) is 18.1. The monoisotopic (exact) mass is 298 g/mol. The topological polar surface area (TPSA) is 68.2 Å². The summed E-state index contributed by atoms with van der Waals surface area (Å²) in [5.41, 5.74) is 3.04. The third kappa shape index (κ3) is 2.96. The molecular weight excluding hydrogens is 280 g/mol. The zero-order valence-electron chi connectivity index (χ0n) is 12.6. The Morgan fingerprint density at radius 2 is 2.00 bits per heavy atom. The molecule has 1 aliphatic rings. The van der Waals surface area contributed by atoms with E-state index in [0.717, 1.165) is 36.3 Å². The number of morpholine rings is 1. The van der Waals surface area contributed by atoms with Crippen LogP contribution in [-0.2, 0) is 4.74 Å². The molecule has 0 saturated carbocycles. The van der Waals surface area contributed by atoms with Crippen LogP contribution in [0.3, 0.4) is 0 Å². The Morgan fingerprint density at radius 1 is 1.23 bits per heavy atom. The van der Waals surface area contributed by atoms with Crippen molar-refractivity contribution in [1.82, 2.24) is 15.2 Å². The molecule has 114 valence electrons. The van der Waals surface area contributed by atoms with Gasteiger partial charge in [0.1, 0.15) is 0 Å². The maximum Gasteiger partial charge on any atom is 0.152 e. The van der Waals surface area contributed by atoms with Crippen LogP contribution < -0.4 is 4.90 Å². The quantitative estimate of drug-likeness (QED) is 0.807. The molecule has 0 radical (unpaired) electrons. The van der Waals surface area contributed by atoms with E-state index in [1.54, 1.807) is 24.7 Å². The van der Waals surface area contributed by atoms with Crippen LogP contribution in [0.25, 0.3) is 11.3 Å². The normalized spacial score (nSPS) is 21.6. The number of hydrogen-bond acceptors (Lipinski definition) is 6. The molecule has 0 N–H and O–H groups in total. The molecule has 3 heterocycles. The van der Waals surface area contributed by atoms with E-state index in [4.69, 9.17) is 4.74 Å². The van der Waals surface area contributed by atoms with Gasteiger partial charge in [-0.05, 0) is 26.0 Å². The summed E-state index contributed by atoms with van der Waals surface area (Å²) < 4.78 is 5.74. The fourth-order valence-electron chi connectivity index (χ4n) is 2.80. The van der Waals surface area contributed by atoms with E-state index in [1.165, 1.54) is 0 Å². The van der Waals surface area contributed by atoms with Gasteiger partial charge in [0, 0.05) is 24.2 Å². The average molecular weight is 298 g/mol. The Bertz CT molecular complexity index is 652. The van der Waals surface area contributed by atoms with Crippen molar-refractivity contribution < 1.29 is 9.53 Å². The lowest BCUT2D eigenvalue weighted by Crippen LogP contribution is -2.45. The fraction of sp³-hybridized carbons (Fsp3) is 0.375. The number of aromatic nitrogens is 3. The number of nitrogens with zero attached hydrogens (tertiary/aromatic N) is 4. The first-order valence-corrected chi connectivity index (χ1v) is 7.30. The maximum atomic E-state index is 11.5. The lowest BCUT2D eigenvalue weighted by atomic mass is 10.1. The van der Waals surface area contributed by atoms with E-state index in [0.29, 0.717) is 5.56 Å². The van der Waals surface area contributed by atoms with Crippen LogP contribution in [0.5, 0.6) is 0 Å². The summed E-state index contributed by atoms with van der Waals surface area (Å²) in [6, 6.07) is 3.62. The predicted molar refractivity (Wildman–Crippen MR) is 82.9 cm³/mol. The fourth-order valence-corrected chi connectivity index (χ4v) is 2.80. The predicted octanol–water partition coefficient (Wildman–Crippen LogP) is 1.96. The minimum atomic E-state index is 0.132. The van der Waals surface area contributed by atoms with Gasteiger partial charge >= 0.3 is 0 Å². The zero-order chi connectivity index (χ0) is 15.5. The summed E-state index contributed by atoms with van der Waals surface area (Å²) in [5, 5.41) is 7.60. The van der Waals surface area contributed by atoms with Crippen molar-refractivity contribution in [2.24, 2.45) is 0 Å². The molecule has 2 aromatic heterocycles. The Kier molecular flexibility index (Phi) is 4.11. The number of carbonyl (C=O) groups is 1. The largest absolute Gasteiger partial charge is 0.372 e. The molecule has 0 aromatic carbocycles. The third-order valence-corrected chi connectivity index (χ3v) is 3.68. The first kappa shape index (κ1) is 14.6. The van der Waals surface area contributed by atoms with Crippen LogP contribution in [0.2, 0.25) is 0 Å². The first-order chi connectivity index (χ1) is 10.7. The van der Waals surface area contributed by atoms with E-state index in [-0.39, 0.29) is 12.2 Å². The molecule has 1 aliphatic heterocycles. The molecule has 1 fully saturated rings. The molecule has 0 aliphatic carbocycles. The van der Waals surface area contributed by atoms with Crippen molar-refractivity contribution >= 4 is 12.0 Å². The smallest absolute Gasteiger partial charge is 0.152 e. The molecular formula is C16H18N4O2. The van der Waals surface area contributed by atoms with E-state index in [2.05, 4.69) is 20.1 Å². The molecule has 2 aromatic rings. The number of anilines is 1. The summed E-state index contributed by atoms with van der Waals surface area (Å²) in [6.07, 6.45) is 6.14. The SMILES string of the molecule is CC1CN(c2cnc(-c3ccnnc3)cc2C=O)CC(C)O1. The van der Waals surface area contributed by atoms with Crippen molar-refractivity contribution in [3.05, 3.63) is 36.3 Å². The van der Waals surface area contributed by atoms with Crippen molar-refractivity contribution in [2.45, 2.75) is 26.1 Å². The highest BCUT2D eigenvalue weighted by Gasteiger charge is 2.24. The van der Waals surface area contributed by atoms with Crippen molar-refractivity contribution in [3.8, 4) is 11.3 Å². The third-order valence-electron chi connectivity index (χ3n) is 3.68. The average Bonchev–Trinajstić information content (AvgIpc) is 2.54. The van der Waals surface area contributed by atoms with Gasteiger partial charge in [0.05, 0.1) is 42.2 Å². The number of carbonyl (C=O) groups excluding carboxylic acids is 1. The molecule has 22 heavy (non-hydrogen) atoms. The van der Waals surface area contributed by atoms with Crippen LogP contribution in [0.15, 0.2) is 30.7 Å². The molecule has 2 atom stereocenters. The van der Waals surface area contributed by atoms with E-state index in [1.807, 2.05) is 19.9 Å². The number of hydrogen-bond donors (Lipinski definition) is 0. The zero-order valence-corrected chi connectivity index (χ0v) is 12.6. The minimum Gasteiger partial charge on any atom is -0.372 e. The van der Waals surface area contributed by atoms with Crippen LogP contribution in [0.4, 0.5) is 5.69 Å². The number of pyridine rings is 1. The molecule has 3 rings (SSSR count). The summed E-state index contributed by atoms with van der Waals surface area (Å²) in [6.45, 7) is 5.58. The van der Waals surface area contributed by atoms with Crippen molar-refractivity contribution in [2.75, 3.05) is 18.0 Å². The Balaban J connectivity index is 1.94. The van der Waals surface area contributed by atoms with Crippen LogP contribution in [0, 0.1) is 0 Å². The maximum absolute atomic E-state index is 11.5. The van der Waals surface area contributed by atoms with Gasteiger partial charge in [-0.2, -0.15) is 10.2 Å². The molecule has 0 spiro atoms. The molecule has 2 unspecified atom stereocenters. The number of ether oxygens (including phenoxy) is 1. The van der Waals surface area contributed by atoms with Gasteiger partial charge in [0.15, 0.2) is 6.29 Å². The van der Waals surface area contributed by atoms with Gasteiger partial charge in [-0.25, -0.2) is 0 Å². The van der Waals surface area contributed by atoms with Crippen molar-refractivity contribution in [3.63, 3.8) is 0 Å². The van der Waals surface area contributed by atoms with Crippen LogP contribution in [0.1, 0.15) is 24.2 Å². The second-order valence-electron chi connectivity index (χ2n) is 5.54. The van der Waals surface area contributed by atoms with Crippen LogP contribution in [-0.4, -0.2) is 46.8 Å². The Labute approximate surface area is 129 Å². The van der Waals surface area contributed by atoms with E-state index >= 15 is 0 Å². The van der Waals surface area contributed by atoms with Gasteiger partial charge in [-0.1, -0.05) is 0 Å². The highest BCUT2D eigenvalue weighted by Crippen LogP contribution is 2.26. The molecule has 0 amide bonds. The van der Waals surface area contributed by atoms with Gasteiger partial charge in [0.25, 0.3) is 0 Å². The van der Waals surface area contributed by atoms with Gasteiger partial charge in [-0.15, -0.1) is 0 Å². The Hall–Kier alpha value is -2.34. The van der Waals surface area contributed by atoms with E-state index in [9.17, 15) is 4.79 Å². The minimum absolute atomic E-state index is 0.132. The van der Waals surface area contributed by atoms with Gasteiger partial charge in [0.2, 0.25) is 0 Å². The lowest BCUT2D eigenvalue weighted by Gasteiger charge is -2.37. The Morgan fingerprint density at radius 3 is 2.64 bits per heavy atom. The van der Waals surface area contributed by atoms with Gasteiger partial charge < -0.3 is 9.64 Å². The lowest BCUT2D eigenvalue weighted by molar-refractivity contribution is -0.00527. The van der Waals surface area contributed by atoms with E-state index < -0.39 is 0 Å². The molecule has 6 heteroatoms. The van der Waals surface area contributed by atoms with Crippen molar-refractivity contribution in [1.29, 1.82) is 0 Å². The highest BCUT2D eigenvalue weighted by molar-refractivity contribution is 5.86. The van der Waals surface area contributed by atoms with Crippen LogP contribution >= 0.6 is 0 Å². The van der Waals surface area contributed by atoms with Gasteiger partial charge in [-0.3, -0.25) is 9.78 Å². The standard InChI is InChI=1S/C16H18N4O2/c1-11-8-20(9-12(2)22-11)16-7-17-15(5-14(16)10-21)13-3-4-18-19-6-13/h3-7,10-12H,8-9H2,1-2H3. The second kappa shape index (κ2) is 6.19. The number of rotatable bonds is 3.